The minimum Gasteiger partial charge on any atom is -0.423 e. The molecule has 0 saturated heterocycles. The van der Waals surface area contributed by atoms with Gasteiger partial charge in [-0.05, 0) is 85.5 Å². The smallest absolute Gasteiger partial charge is 0.423 e. The lowest BCUT2D eigenvalue weighted by Crippen LogP contribution is -2.30. The van der Waals surface area contributed by atoms with Gasteiger partial charge >= 0.3 is 7.12 Å². The normalized spacial score (nSPS) is 9.72. The molecular formula is C26H28BBrN2O2. The van der Waals surface area contributed by atoms with Crippen LogP contribution in [0.25, 0.3) is 11.3 Å². The summed E-state index contributed by atoms with van der Waals surface area (Å²) in [4.78, 5) is 8.23. The molecule has 0 unspecified atom stereocenters. The van der Waals surface area contributed by atoms with Crippen molar-refractivity contribution in [2.45, 2.75) is 27.7 Å². The van der Waals surface area contributed by atoms with Gasteiger partial charge in [0.25, 0.3) is 0 Å². The third-order valence-corrected chi connectivity index (χ3v) is 4.82. The summed E-state index contributed by atoms with van der Waals surface area (Å²) < 4.78 is 0.884. The lowest BCUT2D eigenvalue weighted by Gasteiger charge is -2.03. The van der Waals surface area contributed by atoms with E-state index in [1.165, 1.54) is 16.7 Å². The molecule has 0 fully saturated rings. The molecule has 4 aromatic rings. The number of hydrogen-bond acceptors (Lipinski definition) is 4. The van der Waals surface area contributed by atoms with Gasteiger partial charge in [0.05, 0.1) is 5.69 Å². The Morgan fingerprint density at radius 3 is 1.53 bits per heavy atom. The first-order valence-electron chi connectivity index (χ1n) is 10.2. The second-order valence-electron chi connectivity index (χ2n) is 7.54. The first-order valence-corrected chi connectivity index (χ1v) is 11.0. The summed E-state index contributed by atoms with van der Waals surface area (Å²) >= 11 is 3.20. The number of nitrogens with zero attached hydrogens (tertiary/aromatic N) is 2. The van der Waals surface area contributed by atoms with E-state index >= 15 is 0 Å². The predicted molar refractivity (Wildman–Crippen MR) is 137 cm³/mol. The Balaban J connectivity index is 0.000000180. The average Bonchev–Trinajstić information content (AvgIpc) is 2.74. The zero-order valence-corrected chi connectivity index (χ0v) is 20.4. The van der Waals surface area contributed by atoms with Crippen molar-refractivity contribution >= 4 is 28.5 Å². The van der Waals surface area contributed by atoms with E-state index in [1.807, 2.05) is 62.5 Å². The highest BCUT2D eigenvalue weighted by atomic mass is 79.9. The standard InChI is InChI=1S/C13H13N.C8H11BO2.C5H4BrN/c1-10-7-11(2)9-12(8-10)13-5-3-4-6-14-13;1-6-3-7(2)5-8(4-6)9(10)11;6-5-3-1-2-4-7-5/h3-9H,1-2H3;3-5,10-11H,1-2H3;1-4H. The fourth-order valence-corrected chi connectivity index (χ4v) is 3.43. The number of aryl methyl sites for hydroxylation is 4. The molecule has 0 aliphatic carbocycles. The summed E-state index contributed by atoms with van der Waals surface area (Å²) in [6.45, 7) is 8.08. The third kappa shape index (κ3) is 9.14. The van der Waals surface area contributed by atoms with Crippen molar-refractivity contribution in [3.63, 3.8) is 0 Å². The zero-order valence-electron chi connectivity index (χ0n) is 18.8. The predicted octanol–water partition coefficient (Wildman–Crippen LogP) is 5.19. The van der Waals surface area contributed by atoms with Crippen LogP contribution in [0.15, 0.2) is 89.8 Å². The Morgan fingerprint density at radius 1 is 0.656 bits per heavy atom. The van der Waals surface area contributed by atoms with Crippen molar-refractivity contribution in [2.75, 3.05) is 0 Å². The fraction of sp³-hybridized carbons (Fsp3) is 0.154. The molecule has 0 spiro atoms. The highest BCUT2D eigenvalue weighted by Gasteiger charge is 2.10. The summed E-state index contributed by atoms with van der Waals surface area (Å²) in [7, 11) is -1.35. The van der Waals surface area contributed by atoms with E-state index in [4.69, 9.17) is 10.0 Å². The van der Waals surface area contributed by atoms with E-state index in [1.54, 1.807) is 18.3 Å². The Bertz CT molecular complexity index is 1070. The molecule has 164 valence electrons. The lowest BCUT2D eigenvalue weighted by molar-refractivity contribution is 0.425. The van der Waals surface area contributed by atoms with E-state index in [0.717, 1.165) is 21.4 Å². The molecule has 32 heavy (non-hydrogen) atoms. The molecule has 0 amide bonds. The molecule has 0 aliphatic rings. The zero-order chi connectivity index (χ0) is 23.5. The van der Waals surface area contributed by atoms with Crippen LogP contribution in [-0.4, -0.2) is 27.1 Å². The molecule has 0 saturated carbocycles. The van der Waals surface area contributed by atoms with Crippen LogP contribution < -0.4 is 5.46 Å². The molecule has 2 N–H and O–H groups in total. The molecule has 0 bridgehead atoms. The maximum Gasteiger partial charge on any atom is 0.488 e. The first kappa shape index (κ1) is 25.5. The van der Waals surface area contributed by atoms with Gasteiger partial charge in [-0.2, -0.15) is 0 Å². The van der Waals surface area contributed by atoms with E-state index in [-0.39, 0.29) is 0 Å². The first-order chi connectivity index (χ1) is 15.2. The molecule has 0 radical (unpaired) electrons. The SMILES string of the molecule is Brc1ccccn1.Cc1cc(C)cc(-c2ccccn2)c1.Cc1cc(C)cc(B(O)O)c1. The van der Waals surface area contributed by atoms with Gasteiger partial charge in [0.2, 0.25) is 0 Å². The van der Waals surface area contributed by atoms with E-state index in [0.29, 0.717) is 5.46 Å². The summed E-state index contributed by atoms with van der Waals surface area (Å²) in [5, 5.41) is 17.7. The average molecular weight is 491 g/mol. The monoisotopic (exact) mass is 490 g/mol. The van der Waals surface area contributed by atoms with Crippen molar-refractivity contribution in [3.8, 4) is 11.3 Å². The van der Waals surface area contributed by atoms with Crippen molar-refractivity contribution in [1.29, 1.82) is 0 Å². The minimum atomic E-state index is -1.35. The van der Waals surface area contributed by atoms with E-state index < -0.39 is 7.12 Å². The number of benzene rings is 2. The minimum absolute atomic E-state index is 0.558. The van der Waals surface area contributed by atoms with Crippen LogP contribution in [0.2, 0.25) is 0 Å². The number of rotatable bonds is 2. The Labute approximate surface area is 199 Å². The molecule has 2 aromatic carbocycles. The molecular weight excluding hydrogens is 463 g/mol. The van der Waals surface area contributed by atoms with Crippen molar-refractivity contribution in [1.82, 2.24) is 9.97 Å². The molecule has 2 aromatic heterocycles. The molecule has 4 nitrogen and oxygen atoms in total. The van der Waals surface area contributed by atoms with Gasteiger partial charge in [-0.15, -0.1) is 0 Å². The molecule has 6 heteroatoms. The molecule has 4 rings (SSSR count). The summed E-state index contributed by atoms with van der Waals surface area (Å²) in [6.07, 6.45) is 3.57. The summed E-state index contributed by atoms with van der Waals surface area (Å²) in [5.74, 6) is 0. The lowest BCUT2D eigenvalue weighted by atomic mass is 9.79. The highest BCUT2D eigenvalue weighted by Crippen LogP contribution is 2.19. The fourth-order valence-electron chi connectivity index (χ4n) is 3.16. The highest BCUT2D eigenvalue weighted by molar-refractivity contribution is 9.10. The number of halogens is 1. The van der Waals surface area contributed by atoms with Crippen LogP contribution >= 0.6 is 15.9 Å². The van der Waals surface area contributed by atoms with Gasteiger partial charge in [-0.3, -0.25) is 4.98 Å². The van der Waals surface area contributed by atoms with Crippen LogP contribution in [0.5, 0.6) is 0 Å². The van der Waals surface area contributed by atoms with Crippen molar-refractivity contribution in [2.24, 2.45) is 0 Å². The van der Waals surface area contributed by atoms with E-state index in [9.17, 15) is 0 Å². The van der Waals surface area contributed by atoms with Crippen LogP contribution in [0.4, 0.5) is 0 Å². The van der Waals surface area contributed by atoms with Gasteiger partial charge in [0, 0.05) is 18.0 Å². The van der Waals surface area contributed by atoms with Crippen molar-refractivity contribution < 1.29 is 10.0 Å². The summed E-state index contributed by atoms with van der Waals surface area (Å²) in [5.41, 5.74) is 7.46. The van der Waals surface area contributed by atoms with E-state index in [2.05, 4.69) is 57.9 Å². The Morgan fingerprint density at radius 2 is 1.16 bits per heavy atom. The number of hydrogen-bond donors (Lipinski definition) is 2. The van der Waals surface area contributed by atoms with Crippen LogP contribution in [-0.2, 0) is 0 Å². The van der Waals surface area contributed by atoms with Crippen molar-refractivity contribution in [3.05, 3.63) is 112 Å². The summed E-state index contributed by atoms with van der Waals surface area (Å²) in [6, 6.07) is 23.7. The largest absolute Gasteiger partial charge is 0.488 e. The maximum atomic E-state index is 8.83. The van der Waals surface area contributed by atoms with Gasteiger partial charge in [-0.1, -0.05) is 58.7 Å². The Hall–Kier alpha value is -2.80. The quantitative estimate of drug-likeness (QED) is 0.299. The molecule has 0 atom stereocenters. The molecule has 2 heterocycles. The third-order valence-electron chi connectivity index (χ3n) is 4.35. The number of pyridine rings is 2. The van der Waals surface area contributed by atoms with Crippen LogP contribution in [0.1, 0.15) is 22.3 Å². The van der Waals surface area contributed by atoms with Gasteiger partial charge < -0.3 is 10.0 Å². The second kappa shape index (κ2) is 12.9. The van der Waals surface area contributed by atoms with Gasteiger partial charge in [-0.25, -0.2) is 4.98 Å². The van der Waals surface area contributed by atoms with Gasteiger partial charge in [0.1, 0.15) is 4.60 Å². The second-order valence-corrected chi connectivity index (χ2v) is 8.35. The Kier molecular flexibility index (Phi) is 10.3. The van der Waals surface area contributed by atoms with Gasteiger partial charge in [0.15, 0.2) is 0 Å². The maximum absolute atomic E-state index is 8.83. The van der Waals surface area contributed by atoms with Crippen LogP contribution in [0.3, 0.4) is 0 Å². The van der Waals surface area contributed by atoms with Crippen LogP contribution in [0, 0.1) is 27.7 Å². The molecule has 0 aliphatic heterocycles. The topological polar surface area (TPSA) is 66.2 Å². The number of aromatic nitrogens is 2.